The lowest BCUT2D eigenvalue weighted by molar-refractivity contribution is -0.138. The minimum absolute atomic E-state index is 0.0701. The zero-order valence-electron chi connectivity index (χ0n) is 11.0. The van der Waals surface area contributed by atoms with E-state index in [0.29, 0.717) is 6.42 Å². The van der Waals surface area contributed by atoms with Crippen molar-refractivity contribution in [1.82, 2.24) is 0 Å². The smallest absolute Gasteiger partial charge is 0.294 e. The van der Waals surface area contributed by atoms with E-state index in [1.165, 1.54) is 12.1 Å². The summed E-state index contributed by atoms with van der Waals surface area (Å²) in [6.07, 6.45) is -3.80. The summed E-state index contributed by atoms with van der Waals surface area (Å²) >= 11 is 2.90. The fourth-order valence-corrected chi connectivity index (χ4v) is 2.71. The maximum absolute atomic E-state index is 12.8. The van der Waals surface area contributed by atoms with E-state index in [-0.39, 0.29) is 22.2 Å². The lowest BCUT2D eigenvalue weighted by Gasteiger charge is -2.12. The SMILES string of the molecule is O=C(CCc1ccccc1)c1cccc(C(F)(F)F)c1Br. The predicted octanol–water partition coefficient (Wildman–Crippen LogP) is 5.28. The van der Waals surface area contributed by atoms with Gasteiger partial charge >= 0.3 is 6.18 Å². The van der Waals surface area contributed by atoms with Crippen LogP contribution in [0.4, 0.5) is 13.2 Å². The molecule has 0 aromatic heterocycles. The Bertz CT molecular complexity index is 636. The Morgan fingerprint density at radius 1 is 1.00 bits per heavy atom. The molecule has 0 N–H and O–H groups in total. The van der Waals surface area contributed by atoms with E-state index in [1.807, 2.05) is 30.3 Å². The van der Waals surface area contributed by atoms with Crippen LogP contribution in [0.5, 0.6) is 0 Å². The Morgan fingerprint density at radius 2 is 1.67 bits per heavy atom. The van der Waals surface area contributed by atoms with Gasteiger partial charge in [-0.05, 0) is 34.0 Å². The number of carbonyl (C=O) groups is 1. The first kappa shape index (κ1) is 15.8. The molecule has 0 amide bonds. The normalized spacial score (nSPS) is 11.4. The average Bonchev–Trinajstić information content (AvgIpc) is 2.45. The van der Waals surface area contributed by atoms with Gasteiger partial charge in [-0.3, -0.25) is 4.79 Å². The van der Waals surface area contributed by atoms with Crippen molar-refractivity contribution in [3.63, 3.8) is 0 Å². The van der Waals surface area contributed by atoms with Crippen molar-refractivity contribution in [2.45, 2.75) is 19.0 Å². The number of Topliss-reactive ketones (excluding diaryl/α,β-unsaturated/α-hetero) is 1. The third-order valence-corrected chi connectivity index (χ3v) is 3.94. The fraction of sp³-hybridized carbons (Fsp3) is 0.188. The van der Waals surface area contributed by atoms with Crippen LogP contribution in [-0.2, 0) is 12.6 Å². The zero-order valence-corrected chi connectivity index (χ0v) is 12.5. The van der Waals surface area contributed by atoms with Crippen LogP contribution in [0.1, 0.15) is 27.9 Å². The fourth-order valence-electron chi connectivity index (χ4n) is 2.00. The molecule has 5 heteroatoms. The van der Waals surface area contributed by atoms with Crippen molar-refractivity contribution in [2.75, 3.05) is 0 Å². The quantitative estimate of drug-likeness (QED) is 0.680. The minimum atomic E-state index is -4.48. The van der Waals surface area contributed by atoms with Crippen LogP contribution in [0.15, 0.2) is 53.0 Å². The second-order valence-electron chi connectivity index (χ2n) is 4.57. The van der Waals surface area contributed by atoms with Gasteiger partial charge in [-0.15, -0.1) is 0 Å². The van der Waals surface area contributed by atoms with E-state index < -0.39 is 11.7 Å². The Hall–Kier alpha value is -1.62. The van der Waals surface area contributed by atoms with Gasteiger partial charge in [0.05, 0.1) is 5.56 Å². The second-order valence-corrected chi connectivity index (χ2v) is 5.37. The minimum Gasteiger partial charge on any atom is -0.294 e. The van der Waals surface area contributed by atoms with Crippen LogP contribution in [0.25, 0.3) is 0 Å². The van der Waals surface area contributed by atoms with Gasteiger partial charge in [0, 0.05) is 16.5 Å². The first-order valence-electron chi connectivity index (χ1n) is 6.32. The van der Waals surface area contributed by atoms with Crippen molar-refractivity contribution in [2.24, 2.45) is 0 Å². The molecule has 0 saturated carbocycles. The van der Waals surface area contributed by atoms with Gasteiger partial charge in [-0.25, -0.2) is 0 Å². The molecule has 2 rings (SSSR count). The highest BCUT2D eigenvalue weighted by atomic mass is 79.9. The Labute approximate surface area is 128 Å². The number of ketones is 1. The molecule has 0 fully saturated rings. The number of hydrogen-bond donors (Lipinski definition) is 0. The Morgan fingerprint density at radius 3 is 2.29 bits per heavy atom. The molecule has 0 aliphatic heterocycles. The average molecular weight is 357 g/mol. The van der Waals surface area contributed by atoms with Crippen molar-refractivity contribution >= 4 is 21.7 Å². The van der Waals surface area contributed by atoms with E-state index in [2.05, 4.69) is 15.9 Å². The first-order valence-corrected chi connectivity index (χ1v) is 7.11. The molecule has 0 aliphatic carbocycles. The lowest BCUT2D eigenvalue weighted by atomic mass is 10.0. The molecule has 0 heterocycles. The summed E-state index contributed by atoms with van der Waals surface area (Å²) in [5.41, 5.74) is 0.225. The number of benzene rings is 2. The van der Waals surface area contributed by atoms with Crippen LogP contribution in [0.2, 0.25) is 0 Å². The number of rotatable bonds is 4. The summed E-state index contributed by atoms with van der Waals surface area (Å²) < 4.78 is 38.2. The van der Waals surface area contributed by atoms with Gasteiger partial charge in [0.15, 0.2) is 5.78 Å². The van der Waals surface area contributed by atoms with E-state index in [0.717, 1.165) is 11.6 Å². The third-order valence-electron chi connectivity index (χ3n) is 3.09. The first-order chi connectivity index (χ1) is 9.89. The molecule has 21 heavy (non-hydrogen) atoms. The molecular weight excluding hydrogens is 345 g/mol. The van der Waals surface area contributed by atoms with Gasteiger partial charge in [-0.2, -0.15) is 13.2 Å². The number of hydrogen-bond acceptors (Lipinski definition) is 1. The molecule has 0 bridgehead atoms. The molecule has 0 aliphatic rings. The largest absolute Gasteiger partial charge is 0.417 e. The summed E-state index contributed by atoms with van der Waals surface area (Å²) in [6.45, 7) is 0. The maximum atomic E-state index is 12.8. The highest BCUT2D eigenvalue weighted by Gasteiger charge is 2.34. The van der Waals surface area contributed by atoms with Crippen LogP contribution in [-0.4, -0.2) is 5.78 Å². The summed E-state index contributed by atoms with van der Waals surface area (Å²) in [6, 6.07) is 13.0. The lowest BCUT2D eigenvalue weighted by Crippen LogP contribution is -2.10. The van der Waals surface area contributed by atoms with Crippen LogP contribution < -0.4 is 0 Å². The highest BCUT2D eigenvalue weighted by molar-refractivity contribution is 9.10. The maximum Gasteiger partial charge on any atom is 0.417 e. The molecule has 0 unspecified atom stereocenters. The van der Waals surface area contributed by atoms with Crippen molar-refractivity contribution in [3.8, 4) is 0 Å². The third kappa shape index (κ3) is 3.94. The van der Waals surface area contributed by atoms with Crippen LogP contribution in [0, 0.1) is 0 Å². The summed E-state index contributed by atoms with van der Waals surface area (Å²) in [4.78, 5) is 12.1. The molecular formula is C16H12BrF3O. The monoisotopic (exact) mass is 356 g/mol. The van der Waals surface area contributed by atoms with Gasteiger partial charge in [0.2, 0.25) is 0 Å². The predicted molar refractivity (Wildman–Crippen MR) is 78.2 cm³/mol. The van der Waals surface area contributed by atoms with Crippen molar-refractivity contribution in [1.29, 1.82) is 0 Å². The molecule has 2 aromatic rings. The van der Waals surface area contributed by atoms with E-state index in [9.17, 15) is 18.0 Å². The molecule has 0 saturated heterocycles. The topological polar surface area (TPSA) is 17.1 Å². The molecule has 2 aromatic carbocycles. The molecule has 0 radical (unpaired) electrons. The summed E-state index contributed by atoms with van der Waals surface area (Å²) in [5.74, 6) is -0.308. The van der Waals surface area contributed by atoms with Crippen LogP contribution in [0.3, 0.4) is 0 Å². The van der Waals surface area contributed by atoms with Crippen molar-refractivity contribution in [3.05, 3.63) is 69.7 Å². The Balaban J connectivity index is 2.17. The molecule has 0 atom stereocenters. The van der Waals surface area contributed by atoms with Crippen LogP contribution >= 0.6 is 15.9 Å². The Kier molecular flexibility index (Phi) is 4.83. The molecule has 1 nitrogen and oxygen atoms in total. The van der Waals surface area contributed by atoms with Gasteiger partial charge in [0.1, 0.15) is 0 Å². The van der Waals surface area contributed by atoms with E-state index in [1.54, 1.807) is 0 Å². The highest BCUT2D eigenvalue weighted by Crippen LogP contribution is 2.36. The summed E-state index contributed by atoms with van der Waals surface area (Å²) in [7, 11) is 0. The zero-order chi connectivity index (χ0) is 15.5. The van der Waals surface area contributed by atoms with Gasteiger partial charge in [-0.1, -0.05) is 42.5 Å². The molecule has 0 spiro atoms. The van der Waals surface area contributed by atoms with E-state index >= 15 is 0 Å². The second kappa shape index (κ2) is 6.43. The van der Waals surface area contributed by atoms with E-state index in [4.69, 9.17) is 0 Å². The number of alkyl halides is 3. The van der Waals surface area contributed by atoms with Gasteiger partial charge in [0.25, 0.3) is 0 Å². The number of carbonyl (C=O) groups excluding carboxylic acids is 1. The number of halogens is 4. The van der Waals surface area contributed by atoms with Gasteiger partial charge < -0.3 is 0 Å². The number of aryl methyl sites for hydroxylation is 1. The standard InChI is InChI=1S/C16H12BrF3O/c17-15-12(7-4-8-13(15)16(18,19)20)14(21)10-9-11-5-2-1-3-6-11/h1-8H,9-10H2. The summed E-state index contributed by atoms with van der Waals surface area (Å²) in [5, 5.41) is 0. The van der Waals surface area contributed by atoms with Crippen molar-refractivity contribution < 1.29 is 18.0 Å². The molecule has 110 valence electrons.